The van der Waals surface area contributed by atoms with Gasteiger partial charge in [-0.3, -0.25) is 0 Å². The van der Waals surface area contributed by atoms with Gasteiger partial charge in [-0.2, -0.15) is 0 Å². The molecule has 0 saturated carbocycles. The van der Waals surface area contributed by atoms with E-state index in [-0.39, 0.29) is 4.28 Å². The lowest BCUT2D eigenvalue weighted by atomic mass is 15.8. The van der Waals surface area contributed by atoms with E-state index in [2.05, 4.69) is 0 Å². The van der Waals surface area contributed by atoms with Crippen LogP contribution in [-0.2, 0) is 0 Å². The highest BCUT2D eigenvalue weighted by Crippen LogP contribution is 1.85. The van der Waals surface area contributed by atoms with E-state index in [1.165, 1.54) is 0 Å². The average Bonchev–Trinajstić information content (AvgIpc) is 0.811. The Kier molecular flexibility index (Phi) is 1.74. The van der Waals surface area contributed by atoms with Crippen molar-refractivity contribution in [3.8, 4) is 0 Å². The molecule has 0 rings (SSSR count). The van der Waals surface area contributed by atoms with Crippen LogP contribution in [0.3, 0.4) is 0 Å². The van der Waals surface area contributed by atoms with Crippen molar-refractivity contribution in [2.24, 2.45) is 0 Å². The van der Waals surface area contributed by atoms with Gasteiger partial charge in [0.2, 0.25) is 0 Å². The normalized spacial score (nSPS) is 9.00. The zero-order chi connectivity index (χ0) is 3.58. The molecule has 0 bridgehead atoms. The highest BCUT2D eigenvalue weighted by atomic mass is 31.2. The standard InChI is InChI=1S/O3P/c1-4(2)3/q-3/p+3. The van der Waals surface area contributed by atoms with Crippen molar-refractivity contribution in [2.45, 2.75) is 0 Å². The van der Waals surface area contributed by atoms with E-state index >= 15 is 0 Å². The molecule has 4 heteroatoms. The summed E-state index contributed by atoms with van der Waals surface area (Å²) in [5.41, 5.74) is 0. The fraction of sp³-hybridized carbons (Fsp3) is 0. The Morgan fingerprint density at radius 3 is 1.25 bits per heavy atom. The molecule has 0 atom stereocenters. The number of hydrogen-bond acceptors (Lipinski definition) is 3. The zero-order valence-corrected chi connectivity index (χ0v) is 2.57. The molecule has 0 N–H and O–H groups in total. The minimum atomic E-state index is -3.37. The van der Waals surface area contributed by atoms with E-state index in [0.29, 0.717) is 0 Å². The third-order valence-electron chi connectivity index (χ3n) is 0. The molecule has 0 aliphatic rings. The zero-order valence-electron chi connectivity index (χ0n) is 4.67. The van der Waals surface area contributed by atoms with Gasteiger partial charge >= 0.3 is 4.28 Å². The molecular weight excluding hydrogens is 79.0 g/mol. The average molecular weight is 82.0 g/mol. The van der Waals surface area contributed by atoms with E-state index in [1.54, 1.807) is 0 Å². The van der Waals surface area contributed by atoms with Crippen molar-refractivity contribution >= 4 is 8.60 Å². The second-order valence-corrected chi connectivity index (χ2v) is 0.671. The fourth-order valence-electron chi connectivity index (χ4n) is 0. The van der Waals surface area contributed by atoms with Crippen molar-refractivity contribution in [3.63, 3.8) is 0 Å². The summed E-state index contributed by atoms with van der Waals surface area (Å²) in [6, 6.07) is 0. The van der Waals surface area contributed by atoms with E-state index in [9.17, 15) is 0 Å². The van der Waals surface area contributed by atoms with Crippen molar-refractivity contribution in [1.82, 2.24) is 0 Å². The van der Waals surface area contributed by atoms with Crippen LogP contribution in [0.5, 0.6) is 0 Å². The van der Waals surface area contributed by atoms with Gasteiger partial charge in [-0.05, 0) is 0 Å². The maximum Gasteiger partial charge on any atom is 1.00 e. The monoisotopic (exact) mass is 82.0 g/mol. The first kappa shape index (κ1) is 4.31. The summed E-state index contributed by atoms with van der Waals surface area (Å²) in [5, 5.41) is 0. The Morgan fingerprint density at radius 1 is 1.25 bits per heavy atom. The van der Waals surface area contributed by atoms with Gasteiger partial charge in [0, 0.05) is 0 Å². The quantitative estimate of drug-likeness (QED) is 0.307. The Morgan fingerprint density at radius 2 is 1.25 bits per heavy atom. The van der Waals surface area contributed by atoms with Crippen LogP contribution in [0.15, 0.2) is 0 Å². The summed E-state index contributed by atoms with van der Waals surface area (Å²) >= 11 is 0. The lowest BCUT2D eigenvalue weighted by molar-refractivity contribution is -0.407. The van der Waals surface area contributed by atoms with Gasteiger partial charge in [0.15, 0.2) is 0 Å². The molecule has 0 amide bonds. The van der Waals surface area contributed by atoms with E-state index in [1.807, 2.05) is 0 Å². The summed E-state index contributed by atoms with van der Waals surface area (Å²) in [4.78, 5) is 25.4. The van der Waals surface area contributed by atoms with Gasteiger partial charge in [-0.15, -0.1) is 0 Å². The summed E-state index contributed by atoms with van der Waals surface area (Å²) in [5.74, 6) is 0. The topological polar surface area (TPSA) is 69.2 Å². The molecule has 0 fully saturated rings. The Hall–Kier alpha value is 0.310. The van der Waals surface area contributed by atoms with Gasteiger partial charge in [0.1, 0.15) is 0 Å². The summed E-state index contributed by atoms with van der Waals surface area (Å²) in [6.07, 6.45) is 0. The maximum atomic E-state index is 8.48. The molecule has 0 radical (unpaired) electrons. The van der Waals surface area contributed by atoms with Gasteiger partial charge in [-0.1, -0.05) is 0 Å². The maximum absolute atomic E-state index is 8.48. The Bertz CT molecular complexity index is 14.9. The molecular formula is H3O3P. The first-order chi connectivity index (χ1) is 1.73. The second-order valence-electron chi connectivity index (χ2n) is 0.224. The van der Waals surface area contributed by atoms with Crippen molar-refractivity contribution in [2.75, 3.05) is 0 Å². The lowest BCUT2D eigenvalue weighted by Gasteiger charge is -2.39. The minimum Gasteiger partial charge on any atom is -0.854 e. The van der Waals surface area contributed by atoms with Crippen molar-refractivity contribution in [3.05, 3.63) is 0 Å². The van der Waals surface area contributed by atoms with Crippen LogP contribution in [0.4, 0.5) is 0 Å². The number of rotatable bonds is 0. The molecule has 0 spiro atoms. The van der Waals surface area contributed by atoms with Gasteiger partial charge < -0.3 is 23.3 Å². The third-order valence-corrected chi connectivity index (χ3v) is 0. The largest absolute Gasteiger partial charge is 1.00 e. The molecule has 3 nitrogen and oxygen atoms in total. The predicted molar refractivity (Wildman–Crippen MR) is 10.3 cm³/mol. The molecule has 0 aromatic heterocycles. The van der Waals surface area contributed by atoms with Crippen molar-refractivity contribution < 1.29 is 19.0 Å². The Balaban J connectivity index is -0.0000000150. The highest BCUT2D eigenvalue weighted by molar-refractivity contribution is 7.33. The predicted octanol–water partition coefficient (Wildman–Crippen LogP) is -2.37. The van der Waals surface area contributed by atoms with Crippen LogP contribution >= 0.6 is 8.60 Å². The minimum absolute atomic E-state index is 0. The molecule has 0 aromatic rings. The summed E-state index contributed by atoms with van der Waals surface area (Å²) in [6.45, 7) is 0. The lowest BCUT2D eigenvalue weighted by Crippen LogP contribution is -2.18. The molecule has 0 heterocycles. The van der Waals surface area contributed by atoms with Gasteiger partial charge in [0.25, 0.3) is 0 Å². The molecule has 0 saturated heterocycles. The van der Waals surface area contributed by atoms with E-state index < -0.39 is 8.60 Å². The third kappa shape index (κ3) is 41.3. The van der Waals surface area contributed by atoms with Crippen molar-refractivity contribution in [1.29, 1.82) is 0 Å². The van der Waals surface area contributed by atoms with Crippen LogP contribution < -0.4 is 14.7 Å². The van der Waals surface area contributed by atoms with E-state index in [4.69, 9.17) is 14.7 Å². The molecule has 0 aliphatic heterocycles. The Labute approximate surface area is 29.0 Å². The van der Waals surface area contributed by atoms with Crippen LogP contribution in [0, 0.1) is 0 Å². The van der Waals surface area contributed by atoms with E-state index in [0.717, 1.165) is 0 Å². The molecule has 0 aliphatic carbocycles. The molecule has 4 heavy (non-hydrogen) atoms. The molecule has 0 unspecified atom stereocenters. The second kappa shape index (κ2) is 1.61. The smallest absolute Gasteiger partial charge is 0.854 e. The van der Waals surface area contributed by atoms with Crippen LogP contribution in [-0.4, -0.2) is 0 Å². The first-order valence-corrected chi connectivity index (χ1v) is 1.64. The molecule has 26 valence electrons. The summed E-state index contributed by atoms with van der Waals surface area (Å²) < 4.78 is 0. The van der Waals surface area contributed by atoms with Crippen LogP contribution in [0.25, 0.3) is 0 Å². The summed E-state index contributed by atoms with van der Waals surface area (Å²) in [7, 11) is -3.37. The van der Waals surface area contributed by atoms with Gasteiger partial charge in [-0.25, -0.2) is 0 Å². The SMILES string of the molecule is [H+].[H+].[H+].[O-]P([O-])[O-]. The highest BCUT2D eigenvalue weighted by Gasteiger charge is 1.10. The molecule has 0 aromatic carbocycles. The fourth-order valence-corrected chi connectivity index (χ4v) is 0. The van der Waals surface area contributed by atoms with Gasteiger partial charge in [0.05, 0.1) is 0 Å². The number of hydrogen-bond donors (Lipinski definition) is 0. The van der Waals surface area contributed by atoms with Crippen LogP contribution in [0.1, 0.15) is 4.28 Å². The van der Waals surface area contributed by atoms with Crippen LogP contribution in [0.2, 0.25) is 0 Å². The first-order valence-electron chi connectivity index (χ1n) is 0.548.